The van der Waals surface area contributed by atoms with E-state index in [1.807, 2.05) is 0 Å². The summed E-state index contributed by atoms with van der Waals surface area (Å²) in [6.45, 7) is 2.46. The van der Waals surface area contributed by atoms with Crippen molar-refractivity contribution in [3.05, 3.63) is 12.7 Å². The minimum Gasteiger partial charge on any atom is -0.478 e. The predicted octanol–water partition coefficient (Wildman–Crippen LogP) is -1.80. The van der Waals surface area contributed by atoms with Gasteiger partial charge in [-0.25, -0.2) is 4.79 Å². The Kier molecular flexibility index (Phi) is 31.0. The SMILES string of the molecule is C=CC(=O)O.OCCO.OCCO. The first-order chi connectivity index (χ1) is 6.10. The van der Waals surface area contributed by atoms with Crippen LogP contribution in [0.15, 0.2) is 12.7 Å². The number of hydrogen-bond donors (Lipinski definition) is 5. The van der Waals surface area contributed by atoms with Crippen molar-refractivity contribution in [2.24, 2.45) is 0 Å². The highest BCUT2D eigenvalue weighted by molar-refractivity contribution is 5.78. The third-order valence-electron chi connectivity index (χ3n) is 0.375. The van der Waals surface area contributed by atoms with Crippen LogP contribution in [0.4, 0.5) is 0 Å². The number of carboxylic acid groups (broad SMARTS) is 1. The monoisotopic (exact) mass is 196 g/mol. The molecule has 0 rings (SSSR count). The fourth-order valence-corrected chi connectivity index (χ4v) is 0. The van der Waals surface area contributed by atoms with Crippen LogP contribution in [-0.4, -0.2) is 57.9 Å². The lowest BCUT2D eigenvalue weighted by Gasteiger charge is -1.70. The van der Waals surface area contributed by atoms with Crippen molar-refractivity contribution in [2.45, 2.75) is 0 Å². The second kappa shape index (κ2) is 22.5. The van der Waals surface area contributed by atoms with Crippen LogP contribution in [0.2, 0.25) is 0 Å². The molecular weight excluding hydrogens is 180 g/mol. The van der Waals surface area contributed by atoms with Crippen molar-refractivity contribution < 1.29 is 30.3 Å². The second-order valence-corrected chi connectivity index (χ2v) is 1.44. The molecule has 0 saturated heterocycles. The molecule has 0 aromatic carbocycles. The van der Waals surface area contributed by atoms with Gasteiger partial charge in [-0.15, -0.1) is 0 Å². The molecule has 0 heterocycles. The molecular formula is C7H16O6. The minimum absolute atomic E-state index is 0.125. The van der Waals surface area contributed by atoms with Crippen molar-refractivity contribution in [2.75, 3.05) is 26.4 Å². The number of hydrogen-bond acceptors (Lipinski definition) is 5. The van der Waals surface area contributed by atoms with E-state index in [1.165, 1.54) is 0 Å². The van der Waals surface area contributed by atoms with Crippen molar-refractivity contribution in [3.63, 3.8) is 0 Å². The van der Waals surface area contributed by atoms with E-state index in [0.29, 0.717) is 0 Å². The quantitative estimate of drug-likeness (QED) is 0.340. The highest BCUT2D eigenvalue weighted by Crippen LogP contribution is 1.54. The van der Waals surface area contributed by atoms with Crippen LogP contribution in [-0.2, 0) is 4.79 Å². The molecule has 0 aliphatic carbocycles. The standard InChI is InChI=1S/C3H4O2.2C2H6O2/c1-2-3(4)5;2*3-1-2-4/h2H,1H2,(H,4,5);2*3-4H,1-2H2. The van der Waals surface area contributed by atoms with Gasteiger partial charge in [0.1, 0.15) is 0 Å². The lowest BCUT2D eigenvalue weighted by atomic mass is 10.7. The molecule has 80 valence electrons. The Balaban J connectivity index is -0.000000117. The zero-order chi connectivity index (χ0) is 11.1. The van der Waals surface area contributed by atoms with Gasteiger partial charge in [-0.05, 0) is 0 Å². The van der Waals surface area contributed by atoms with Gasteiger partial charge in [0, 0.05) is 6.08 Å². The number of aliphatic carboxylic acids is 1. The molecule has 0 aliphatic heterocycles. The summed E-state index contributed by atoms with van der Waals surface area (Å²) in [5.41, 5.74) is 0. The molecule has 0 unspecified atom stereocenters. The molecule has 0 fully saturated rings. The summed E-state index contributed by atoms with van der Waals surface area (Å²) in [5, 5.41) is 38.1. The third kappa shape index (κ3) is 97.3. The maximum atomic E-state index is 9.25. The Labute approximate surface area is 76.4 Å². The molecule has 6 heteroatoms. The van der Waals surface area contributed by atoms with Crippen molar-refractivity contribution in [1.29, 1.82) is 0 Å². The first-order valence-corrected chi connectivity index (χ1v) is 3.39. The average Bonchev–Trinajstić information content (AvgIpc) is 2.18. The first kappa shape index (κ1) is 18.0. The van der Waals surface area contributed by atoms with Gasteiger partial charge in [0.05, 0.1) is 26.4 Å². The van der Waals surface area contributed by atoms with E-state index in [9.17, 15) is 4.79 Å². The largest absolute Gasteiger partial charge is 0.478 e. The molecule has 0 aromatic rings. The molecule has 0 aliphatic rings. The first-order valence-electron chi connectivity index (χ1n) is 3.39. The summed E-state index contributed by atoms with van der Waals surface area (Å²) in [7, 11) is 0. The molecule has 0 spiro atoms. The lowest BCUT2D eigenvalue weighted by Crippen LogP contribution is -1.85. The van der Waals surface area contributed by atoms with Crippen molar-refractivity contribution >= 4 is 5.97 Å². The van der Waals surface area contributed by atoms with E-state index in [-0.39, 0.29) is 26.4 Å². The van der Waals surface area contributed by atoms with Crippen molar-refractivity contribution in [3.8, 4) is 0 Å². The average molecular weight is 196 g/mol. The van der Waals surface area contributed by atoms with Gasteiger partial charge in [-0.3, -0.25) is 0 Å². The van der Waals surface area contributed by atoms with Crippen LogP contribution in [0.5, 0.6) is 0 Å². The predicted molar refractivity (Wildman–Crippen MR) is 46.2 cm³/mol. The number of carbonyl (C=O) groups is 1. The molecule has 13 heavy (non-hydrogen) atoms. The van der Waals surface area contributed by atoms with Gasteiger partial charge in [0.15, 0.2) is 0 Å². The molecule has 0 amide bonds. The molecule has 0 radical (unpaired) electrons. The van der Waals surface area contributed by atoms with Gasteiger partial charge in [-0.2, -0.15) is 0 Å². The van der Waals surface area contributed by atoms with Gasteiger partial charge >= 0.3 is 5.97 Å². The molecule has 6 nitrogen and oxygen atoms in total. The van der Waals surface area contributed by atoms with Crippen molar-refractivity contribution in [1.82, 2.24) is 0 Å². The van der Waals surface area contributed by atoms with Gasteiger partial charge in [0.25, 0.3) is 0 Å². The number of carboxylic acids is 1. The summed E-state index contributed by atoms with van der Waals surface area (Å²) in [5.74, 6) is -0.981. The number of rotatable bonds is 3. The smallest absolute Gasteiger partial charge is 0.327 e. The highest BCUT2D eigenvalue weighted by Gasteiger charge is 1.73. The number of aliphatic hydroxyl groups is 4. The fourth-order valence-electron chi connectivity index (χ4n) is 0. The Bertz CT molecular complexity index is 95.2. The Morgan fingerprint density at radius 1 is 1.00 bits per heavy atom. The minimum atomic E-state index is -0.981. The van der Waals surface area contributed by atoms with E-state index < -0.39 is 5.97 Å². The summed E-state index contributed by atoms with van der Waals surface area (Å²) in [6.07, 6.45) is 0.833. The summed E-state index contributed by atoms with van der Waals surface area (Å²) in [6, 6.07) is 0. The van der Waals surface area contributed by atoms with Crippen LogP contribution in [0.1, 0.15) is 0 Å². The maximum Gasteiger partial charge on any atom is 0.327 e. The Hall–Kier alpha value is -0.950. The highest BCUT2D eigenvalue weighted by atomic mass is 16.4. The van der Waals surface area contributed by atoms with Crippen LogP contribution in [0.3, 0.4) is 0 Å². The molecule has 5 N–H and O–H groups in total. The molecule has 0 bridgehead atoms. The fraction of sp³-hybridized carbons (Fsp3) is 0.571. The summed E-state index contributed by atoms with van der Waals surface area (Å²) in [4.78, 5) is 9.25. The Morgan fingerprint density at radius 2 is 1.15 bits per heavy atom. The van der Waals surface area contributed by atoms with Crippen LogP contribution in [0, 0.1) is 0 Å². The van der Waals surface area contributed by atoms with E-state index in [2.05, 4.69) is 6.58 Å². The van der Waals surface area contributed by atoms with E-state index in [0.717, 1.165) is 6.08 Å². The molecule has 0 atom stereocenters. The van der Waals surface area contributed by atoms with Gasteiger partial charge in [0.2, 0.25) is 0 Å². The van der Waals surface area contributed by atoms with Crippen LogP contribution in [0.25, 0.3) is 0 Å². The molecule has 0 aromatic heterocycles. The van der Waals surface area contributed by atoms with Crippen LogP contribution < -0.4 is 0 Å². The lowest BCUT2D eigenvalue weighted by molar-refractivity contribution is -0.131. The van der Waals surface area contributed by atoms with Gasteiger partial charge in [-0.1, -0.05) is 6.58 Å². The zero-order valence-corrected chi connectivity index (χ0v) is 7.26. The summed E-state index contributed by atoms with van der Waals surface area (Å²) < 4.78 is 0. The van der Waals surface area contributed by atoms with Crippen LogP contribution >= 0.6 is 0 Å². The maximum absolute atomic E-state index is 9.25. The Morgan fingerprint density at radius 3 is 1.15 bits per heavy atom. The topological polar surface area (TPSA) is 118 Å². The second-order valence-electron chi connectivity index (χ2n) is 1.44. The van der Waals surface area contributed by atoms with Gasteiger partial charge < -0.3 is 25.5 Å². The molecule has 0 saturated carbocycles. The normalized spacial score (nSPS) is 7.08. The van der Waals surface area contributed by atoms with E-state index >= 15 is 0 Å². The third-order valence-corrected chi connectivity index (χ3v) is 0.375. The zero-order valence-electron chi connectivity index (χ0n) is 7.26. The summed E-state index contributed by atoms with van der Waals surface area (Å²) >= 11 is 0. The number of aliphatic hydroxyl groups excluding tert-OH is 4. The van der Waals surface area contributed by atoms with E-state index in [1.54, 1.807) is 0 Å². The van der Waals surface area contributed by atoms with E-state index in [4.69, 9.17) is 25.5 Å².